The van der Waals surface area contributed by atoms with E-state index in [1.807, 2.05) is 6.07 Å². The van der Waals surface area contributed by atoms with Gasteiger partial charge in [0.25, 0.3) is 0 Å². The second-order valence-electron chi connectivity index (χ2n) is 4.68. The maximum atomic E-state index is 13.7. The van der Waals surface area contributed by atoms with Crippen molar-refractivity contribution in [3.05, 3.63) is 65.0 Å². The molecule has 1 heterocycles. The molecule has 0 radical (unpaired) electrons. The molecule has 3 rings (SSSR count). The van der Waals surface area contributed by atoms with Gasteiger partial charge >= 0.3 is 0 Å². The Hall–Kier alpha value is -2.62. The van der Waals surface area contributed by atoms with Crippen LogP contribution in [0.4, 0.5) is 4.39 Å². The predicted molar refractivity (Wildman–Crippen MR) is 77.2 cm³/mol. The van der Waals surface area contributed by atoms with Crippen LogP contribution in [0.1, 0.15) is 15.9 Å². The molecule has 3 nitrogen and oxygen atoms in total. The lowest BCUT2D eigenvalue weighted by Crippen LogP contribution is -2.18. The molecule has 0 atom stereocenters. The highest BCUT2D eigenvalue weighted by Crippen LogP contribution is 2.28. The fraction of sp³-hybridized carbons (Fsp3) is 0.118. The summed E-state index contributed by atoms with van der Waals surface area (Å²) >= 11 is 0. The van der Waals surface area contributed by atoms with Gasteiger partial charge in [0, 0.05) is 5.57 Å². The van der Waals surface area contributed by atoms with E-state index in [1.165, 1.54) is 19.2 Å². The zero-order chi connectivity index (χ0) is 14.8. The van der Waals surface area contributed by atoms with Gasteiger partial charge in [-0.1, -0.05) is 18.2 Å². The Kier molecular flexibility index (Phi) is 3.44. The topological polar surface area (TPSA) is 35.5 Å². The summed E-state index contributed by atoms with van der Waals surface area (Å²) in [5.74, 6) is 0.207. The van der Waals surface area contributed by atoms with Gasteiger partial charge in [-0.25, -0.2) is 4.39 Å². The van der Waals surface area contributed by atoms with E-state index in [4.69, 9.17) is 9.47 Å². The smallest absolute Gasteiger partial charge is 0.196 e. The monoisotopic (exact) mass is 284 g/mol. The first kappa shape index (κ1) is 13.4. The number of hydrogen-bond donors (Lipinski definition) is 0. The summed E-state index contributed by atoms with van der Waals surface area (Å²) in [6, 6.07) is 11.7. The van der Waals surface area contributed by atoms with Crippen LogP contribution in [0.15, 0.2) is 48.0 Å². The van der Waals surface area contributed by atoms with Crippen LogP contribution in [-0.2, 0) is 0 Å². The molecule has 1 aliphatic rings. The van der Waals surface area contributed by atoms with Gasteiger partial charge in [-0.15, -0.1) is 0 Å². The molecular formula is C17H13FO3. The fourth-order valence-corrected chi connectivity index (χ4v) is 2.25. The number of hydrogen-bond acceptors (Lipinski definition) is 3. The second kappa shape index (κ2) is 5.40. The number of methoxy groups -OCH3 is 1. The second-order valence-corrected chi connectivity index (χ2v) is 4.68. The number of benzene rings is 2. The largest absolute Gasteiger partial charge is 0.494 e. The quantitative estimate of drug-likeness (QED) is 0.792. The zero-order valence-electron chi connectivity index (χ0n) is 11.4. The van der Waals surface area contributed by atoms with E-state index in [1.54, 1.807) is 30.3 Å². The van der Waals surface area contributed by atoms with E-state index >= 15 is 0 Å². The summed E-state index contributed by atoms with van der Waals surface area (Å²) in [5.41, 5.74) is 1.63. The van der Waals surface area contributed by atoms with Crippen LogP contribution < -0.4 is 9.47 Å². The maximum absolute atomic E-state index is 13.7. The molecule has 0 N–H and O–H groups in total. The predicted octanol–water partition coefficient (Wildman–Crippen LogP) is 3.49. The van der Waals surface area contributed by atoms with Gasteiger partial charge in [-0.2, -0.15) is 0 Å². The Balaban J connectivity index is 1.95. The molecule has 0 unspecified atom stereocenters. The van der Waals surface area contributed by atoms with Crippen molar-refractivity contribution in [2.45, 2.75) is 0 Å². The summed E-state index contributed by atoms with van der Waals surface area (Å²) in [4.78, 5) is 12.4. The lowest BCUT2D eigenvalue weighted by atomic mass is 9.98. The fourth-order valence-electron chi connectivity index (χ4n) is 2.25. The van der Waals surface area contributed by atoms with Gasteiger partial charge < -0.3 is 9.47 Å². The zero-order valence-corrected chi connectivity index (χ0v) is 11.4. The van der Waals surface area contributed by atoms with E-state index < -0.39 is 5.82 Å². The summed E-state index contributed by atoms with van der Waals surface area (Å²) in [7, 11) is 1.41. The van der Waals surface area contributed by atoms with E-state index in [9.17, 15) is 9.18 Å². The van der Waals surface area contributed by atoms with Crippen molar-refractivity contribution in [2.75, 3.05) is 13.7 Å². The van der Waals surface area contributed by atoms with Gasteiger partial charge in [0.2, 0.25) is 0 Å². The highest BCUT2D eigenvalue weighted by molar-refractivity contribution is 6.14. The lowest BCUT2D eigenvalue weighted by molar-refractivity contribution is 0.100. The number of carbonyl (C=O) groups is 1. The molecule has 0 aromatic heterocycles. The van der Waals surface area contributed by atoms with Gasteiger partial charge in [0.1, 0.15) is 12.4 Å². The third kappa shape index (κ3) is 2.52. The first-order chi connectivity index (χ1) is 10.2. The summed E-state index contributed by atoms with van der Waals surface area (Å²) in [5, 5.41) is 0. The molecule has 21 heavy (non-hydrogen) atoms. The first-order valence-corrected chi connectivity index (χ1v) is 6.49. The summed E-state index contributed by atoms with van der Waals surface area (Å²) in [6.45, 7) is 0.184. The van der Waals surface area contributed by atoms with Gasteiger partial charge in [0.05, 0.1) is 12.7 Å². The first-order valence-electron chi connectivity index (χ1n) is 6.49. The third-order valence-electron chi connectivity index (χ3n) is 3.32. The Labute approximate surface area is 121 Å². The van der Waals surface area contributed by atoms with Crippen molar-refractivity contribution in [2.24, 2.45) is 0 Å². The molecule has 2 aromatic carbocycles. The standard InChI is InChI=1S/C17H13FO3/c1-20-16-7-6-11(9-14(16)18)8-12-10-21-15-5-3-2-4-13(15)17(12)19/h2-9H,10H2,1H3/b12-8+. The van der Waals surface area contributed by atoms with Crippen LogP contribution in [0.5, 0.6) is 11.5 Å². The number of para-hydroxylation sites is 1. The maximum Gasteiger partial charge on any atom is 0.196 e. The Morgan fingerprint density at radius 1 is 1.24 bits per heavy atom. The summed E-state index contributed by atoms with van der Waals surface area (Å²) in [6.07, 6.45) is 1.64. The molecule has 0 saturated heterocycles. The molecule has 106 valence electrons. The minimum absolute atomic E-state index is 0.0897. The SMILES string of the molecule is COc1ccc(/C=C2\COc3ccccc3C2=O)cc1F. The molecule has 0 fully saturated rings. The molecule has 0 bridgehead atoms. The average molecular weight is 284 g/mol. The Morgan fingerprint density at radius 2 is 2.05 bits per heavy atom. The Bertz CT molecular complexity index is 735. The van der Waals surface area contributed by atoms with Crippen molar-refractivity contribution < 1.29 is 18.7 Å². The van der Waals surface area contributed by atoms with Crippen LogP contribution in [0.2, 0.25) is 0 Å². The molecule has 4 heteroatoms. The normalized spacial score (nSPS) is 15.5. The van der Waals surface area contributed by atoms with Gasteiger partial charge in [-0.3, -0.25) is 4.79 Å². The van der Waals surface area contributed by atoms with Crippen LogP contribution >= 0.6 is 0 Å². The number of halogens is 1. The lowest BCUT2D eigenvalue weighted by Gasteiger charge is -2.18. The number of carbonyl (C=O) groups excluding carboxylic acids is 1. The summed E-state index contributed by atoms with van der Waals surface area (Å²) < 4.78 is 24.1. The van der Waals surface area contributed by atoms with E-state index in [2.05, 4.69) is 0 Å². The van der Waals surface area contributed by atoms with Crippen molar-refractivity contribution in [1.29, 1.82) is 0 Å². The average Bonchev–Trinajstić information content (AvgIpc) is 2.51. The van der Waals surface area contributed by atoms with E-state index in [0.29, 0.717) is 22.4 Å². The van der Waals surface area contributed by atoms with Crippen molar-refractivity contribution in [3.8, 4) is 11.5 Å². The number of ketones is 1. The molecule has 0 amide bonds. The number of fused-ring (bicyclic) bond motifs is 1. The molecular weight excluding hydrogens is 271 g/mol. The van der Waals surface area contributed by atoms with Crippen LogP contribution in [0.25, 0.3) is 6.08 Å². The van der Waals surface area contributed by atoms with Crippen LogP contribution in [-0.4, -0.2) is 19.5 Å². The van der Waals surface area contributed by atoms with Crippen molar-refractivity contribution >= 4 is 11.9 Å². The molecule has 0 spiro atoms. The van der Waals surface area contributed by atoms with Crippen molar-refractivity contribution in [1.82, 2.24) is 0 Å². The van der Waals surface area contributed by atoms with E-state index in [0.717, 1.165) is 0 Å². The molecule has 0 aliphatic carbocycles. The highest BCUT2D eigenvalue weighted by atomic mass is 19.1. The van der Waals surface area contributed by atoms with Crippen LogP contribution in [0.3, 0.4) is 0 Å². The minimum atomic E-state index is -0.462. The number of ether oxygens (including phenoxy) is 2. The van der Waals surface area contributed by atoms with Crippen molar-refractivity contribution in [3.63, 3.8) is 0 Å². The molecule has 2 aromatic rings. The minimum Gasteiger partial charge on any atom is -0.494 e. The Morgan fingerprint density at radius 3 is 2.81 bits per heavy atom. The molecule has 1 aliphatic heterocycles. The van der Waals surface area contributed by atoms with Crippen LogP contribution in [0, 0.1) is 5.82 Å². The molecule has 0 saturated carbocycles. The van der Waals surface area contributed by atoms with E-state index in [-0.39, 0.29) is 18.1 Å². The number of rotatable bonds is 2. The number of Topliss-reactive ketones (excluding diaryl/α,β-unsaturated/α-hetero) is 1. The highest BCUT2D eigenvalue weighted by Gasteiger charge is 2.22. The third-order valence-corrected chi connectivity index (χ3v) is 3.32. The van der Waals surface area contributed by atoms with Gasteiger partial charge in [0.15, 0.2) is 17.3 Å². The van der Waals surface area contributed by atoms with Gasteiger partial charge in [-0.05, 0) is 35.9 Å².